The highest BCUT2D eigenvalue weighted by molar-refractivity contribution is 5.78. The van der Waals surface area contributed by atoms with Crippen molar-refractivity contribution in [1.82, 2.24) is 15.5 Å². The predicted molar refractivity (Wildman–Crippen MR) is 77.2 cm³/mol. The van der Waals surface area contributed by atoms with Crippen molar-refractivity contribution in [2.45, 2.75) is 45.7 Å². The summed E-state index contributed by atoms with van der Waals surface area (Å²) in [6, 6.07) is 0.596. The lowest BCUT2D eigenvalue weighted by molar-refractivity contribution is -0.121. The summed E-state index contributed by atoms with van der Waals surface area (Å²) in [6.45, 7) is 11.3. The molecule has 5 heteroatoms. The third-order valence-electron chi connectivity index (χ3n) is 3.38. The highest BCUT2D eigenvalue weighted by Gasteiger charge is 2.14. The average molecular weight is 271 g/mol. The van der Waals surface area contributed by atoms with Crippen LogP contribution in [-0.4, -0.2) is 62.3 Å². The lowest BCUT2D eigenvalue weighted by Crippen LogP contribution is -2.47. The number of hydrogen-bond donors (Lipinski definition) is 2. The van der Waals surface area contributed by atoms with Gasteiger partial charge in [0.05, 0.1) is 19.8 Å². The van der Waals surface area contributed by atoms with Crippen molar-refractivity contribution in [1.29, 1.82) is 0 Å². The summed E-state index contributed by atoms with van der Waals surface area (Å²) < 4.78 is 5.32. The normalized spacial score (nSPS) is 19.9. The molecule has 0 radical (unpaired) electrons. The van der Waals surface area contributed by atoms with Crippen molar-refractivity contribution >= 4 is 5.91 Å². The number of amides is 1. The summed E-state index contributed by atoms with van der Waals surface area (Å²) in [5.74, 6) is 0.0924. The smallest absolute Gasteiger partial charge is 0.234 e. The highest BCUT2D eigenvalue weighted by Crippen LogP contribution is 1.98. The summed E-state index contributed by atoms with van der Waals surface area (Å²) in [5, 5.41) is 6.29. The van der Waals surface area contributed by atoms with Gasteiger partial charge in [-0.2, -0.15) is 0 Å². The van der Waals surface area contributed by atoms with Gasteiger partial charge in [0.1, 0.15) is 0 Å². The van der Waals surface area contributed by atoms with Crippen LogP contribution in [0.3, 0.4) is 0 Å². The SMILES string of the molecule is CCCC(C)NC(=O)CNC(C)CN1CCOCC1. The monoisotopic (exact) mass is 271 g/mol. The fraction of sp³-hybridized carbons (Fsp3) is 0.929. The zero-order valence-corrected chi connectivity index (χ0v) is 12.6. The van der Waals surface area contributed by atoms with E-state index >= 15 is 0 Å². The third kappa shape index (κ3) is 7.50. The molecule has 112 valence electrons. The predicted octanol–water partition coefficient (Wildman–Crippen LogP) is 0.602. The van der Waals surface area contributed by atoms with Gasteiger partial charge in [0.2, 0.25) is 5.91 Å². The van der Waals surface area contributed by atoms with E-state index in [0.717, 1.165) is 45.7 Å². The van der Waals surface area contributed by atoms with E-state index in [2.05, 4.69) is 36.3 Å². The number of hydrogen-bond acceptors (Lipinski definition) is 4. The molecule has 0 saturated carbocycles. The van der Waals surface area contributed by atoms with E-state index in [1.807, 2.05) is 0 Å². The van der Waals surface area contributed by atoms with Gasteiger partial charge in [0, 0.05) is 31.7 Å². The molecule has 19 heavy (non-hydrogen) atoms. The first-order chi connectivity index (χ1) is 9.11. The zero-order chi connectivity index (χ0) is 14.1. The van der Waals surface area contributed by atoms with Crippen LogP contribution in [0.2, 0.25) is 0 Å². The second-order valence-corrected chi connectivity index (χ2v) is 5.45. The maximum atomic E-state index is 11.7. The Balaban J connectivity index is 2.11. The number of carbonyl (C=O) groups is 1. The first-order valence-electron chi connectivity index (χ1n) is 7.44. The lowest BCUT2D eigenvalue weighted by Gasteiger charge is -2.29. The quantitative estimate of drug-likeness (QED) is 0.679. The van der Waals surface area contributed by atoms with Crippen LogP contribution in [-0.2, 0) is 9.53 Å². The molecule has 0 aromatic carbocycles. The maximum absolute atomic E-state index is 11.7. The van der Waals surface area contributed by atoms with Gasteiger partial charge in [-0.1, -0.05) is 13.3 Å². The van der Waals surface area contributed by atoms with Gasteiger partial charge in [0.15, 0.2) is 0 Å². The van der Waals surface area contributed by atoms with Crippen molar-refractivity contribution in [2.24, 2.45) is 0 Å². The molecule has 1 heterocycles. The van der Waals surface area contributed by atoms with Gasteiger partial charge >= 0.3 is 0 Å². The lowest BCUT2D eigenvalue weighted by atomic mass is 10.2. The first-order valence-corrected chi connectivity index (χ1v) is 7.44. The molecule has 1 fully saturated rings. The molecule has 0 bridgehead atoms. The van der Waals surface area contributed by atoms with Crippen molar-refractivity contribution in [3.63, 3.8) is 0 Å². The molecule has 2 atom stereocenters. The average Bonchev–Trinajstić information content (AvgIpc) is 2.38. The maximum Gasteiger partial charge on any atom is 0.234 e. The number of nitrogens with zero attached hydrogens (tertiary/aromatic N) is 1. The van der Waals surface area contributed by atoms with Crippen molar-refractivity contribution in [3.05, 3.63) is 0 Å². The summed E-state index contributed by atoms with van der Waals surface area (Å²) in [5.41, 5.74) is 0. The molecule has 1 aliphatic heterocycles. The molecule has 5 nitrogen and oxygen atoms in total. The van der Waals surface area contributed by atoms with Gasteiger partial charge in [-0.05, 0) is 20.3 Å². The molecule has 1 aliphatic rings. The van der Waals surface area contributed by atoms with E-state index in [1.54, 1.807) is 0 Å². The molecule has 0 aromatic heterocycles. The first kappa shape index (κ1) is 16.4. The van der Waals surface area contributed by atoms with E-state index < -0.39 is 0 Å². The molecular weight excluding hydrogens is 242 g/mol. The summed E-state index contributed by atoms with van der Waals surface area (Å²) in [4.78, 5) is 14.1. The highest BCUT2D eigenvalue weighted by atomic mass is 16.5. The van der Waals surface area contributed by atoms with E-state index in [-0.39, 0.29) is 11.9 Å². The van der Waals surface area contributed by atoms with E-state index in [0.29, 0.717) is 12.6 Å². The third-order valence-corrected chi connectivity index (χ3v) is 3.38. The van der Waals surface area contributed by atoms with Gasteiger partial charge in [-0.25, -0.2) is 0 Å². The van der Waals surface area contributed by atoms with Gasteiger partial charge in [0.25, 0.3) is 0 Å². The molecule has 2 N–H and O–H groups in total. The van der Waals surface area contributed by atoms with Crippen LogP contribution in [0.5, 0.6) is 0 Å². The number of rotatable bonds is 8. The van der Waals surface area contributed by atoms with E-state index in [9.17, 15) is 4.79 Å². The molecule has 0 spiro atoms. The van der Waals surface area contributed by atoms with Crippen LogP contribution in [0, 0.1) is 0 Å². The second-order valence-electron chi connectivity index (χ2n) is 5.45. The Labute approximate surface area is 117 Å². The molecule has 0 aliphatic carbocycles. The van der Waals surface area contributed by atoms with Gasteiger partial charge in [-0.15, -0.1) is 0 Å². The summed E-state index contributed by atoms with van der Waals surface area (Å²) in [6.07, 6.45) is 2.14. The number of carbonyl (C=O) groups excluding carboxylic acids is 1. The molecule has 1 amide bonds. The van der Waals surface area contributed by atoms with Crippen molar-refractivity contribution in [2.75, 3.05) is 39.4 Å². The van der Waals surface area contributed by atoms with Gasteiger partial charge < -0.3 is 15.4 Å². The Kier molecular flexibility index (Phi) is 8.02. The molecular formula is C14H29N3O2. The molecule has 2 unspecified atom stereocenters. The minimum absolute atomic E-state index is 0.0924. The van der Waals surface area contributed by atoms with Crippen LogP contribution in [0.1, 0.15) is 33.6 Å². The fourth-order valence-corrected chi connectivity index (χ4v) is 2.33. The van der Waals surface area contributed by atoms with E-state index in [4.69, 9.17) is 4.74 Å². The number of nitrogens with one attached hydrogen (secondary N) is 2. The Morgan fingerprint density at radius 3 is 2.58 bits per heavy atom. The Hall–Kier alpha value is -0.650. The fourth-order valence-electron chi connectivity index (χ4n) is 2.33. The topological polar surface area (TPSA) is 53.6 Å². The number of morpholine rings is 1. The van der Waals surface area contributed by atoms with Gasteiger partial charge in [-0.3, -0.25) is 9.69 Å². The van der Waals surface area contributed by atoms with Crippen LogP contribution in [0.15, 0.2) is 0 Å². The minimum atomic E-state index is 0.0924. The molecule has 0 aromatic rings. The largest absolute Gasteiger partial charge is 0.379 e. The van der Waals surface area contributed by atoms with Crippen LogP contribution >= 0.6 is 0 Å². The summed E-state index contributed by atoms with van der Waals surface area (Å²) in [7, 11) is 0. The van der Waals surface area contributed by atoms with Crippen molar-refractivity contribution in [3.8, 4) is 0 Å². The molecule has 1 saturated heterocycles. The Bertz CT molecular complexity index is 255. The number of ether oxygens (including phenoxy) is 1. The minimum Gasteiger partial charge on any atom is -0.379 e. The summed E-state index contributed by atoms with van der Waals surface area (Å²) >= 11 is 0. The van der Waals surface area contributed by atoms with Crippen LogP contribution < -0.4 is 10.6 Å². The standard InChI is InChI=1S/C14H29N3O2/c1-4-5-12(2)16-14(18)10-15-13(3)11-17-6-8-19-9-7-17/h12-13,15H,4-11H2,1-3H3,(H,16,18). The zero-order valence-electron chi connectivity index (χ0n) is 12.6. The van der Waals surface area contributed by atoms with E-state index in [1.165, 1.54) is 0 Å². The van der Waals surface area contributed by atoms with Crippen LogP contribution in [0.25, 0.3) is 0 Å². The van der Waals surface area contributed by atoms with Crippen LogP contribution in [0.4, 0.5) is 0 Å². The Morgan fingerprint density at radius 2 is 1.95 bits per heavy atom. The second kappa shape index (κ2) is 9.28. The Morgan fingerprint density at radius 1 is 1.26 bits per heavy atom. The molecule has 1 rings (SSSR count). The van der Waals surface area contributed by atoms with Crippen molar-refractivity contribution < 1.29 is 9.53 Å².